The minimum absolute atomic E-state index is 0.0560. The predicted octanol–water partition coefficient (Wildman–Crippen LogP) is 1.99. The molecular formula is C23H27N5O7. The topological polar surface area (TPSA) is 160 Å². The number of ether oxygens (including phenoxy) is 4. The van der Waals surface area contributed by atoms with Crippen LogP contribution in [0.4, 0.5) is 5.69 Å². The Labute approximate surface area is 202 Å². The van der Waals surface area contributed by atoms with Crippen LogP contribution in [-0.4, -0.2) is 55.3 Å². The molecule has 1 aliphatic heterocycles. The lowest BCUT2D eigenvalue weighted by Gasteiger charge is -2.46. The molecule has 0 radical (unpaired) electrons. The molecule has 3 N–H and O–H groups in total. The van der Waals surface area contributed by atoms with Gasteiger partial charge in [0.25, 0.3) is 5.69 Å². The molecule has 2 aromatic rings. The molecule has 0 unspecified atom stereocenters. The number of methoxy groups -OCH3 is 3. The third-order valence-corrected chi connectivity index (χ3v) is 5.71. The van der Waals surface area contributed by atoms with Gasteiger partial charge in [0.15, 0.2) is 18.1 Å². The molecular weight excluding hydrogens is 458 g/mol. The average Bonchev–Trinajstić information content (AvgIpc) is 2.86. The number of nitrogens with zero attached hydrogens (tertiary/aromatic N) is 3. The quantitative estimate of drug-likeness (QED) is 0.0959. The van der Waals surface area contributed by atoms with Gasteiger partial charge in [0.1, 0.15) is 17.6 Å². The molecule has 0 aromatic heterocycles. The number of aliphatic imine (C=N–C) groups is 1. The number of aliphatic hydroxyl groups is 1. The van der Waals surface area contributed by atoms with Crippen LogP contribution in [0.25, 0.3) is 0 Å². The molecule has 1 aliphatic rings. The number of nitrogens with one attached hydrogen (secondary N) is 2. The Morgan fingerprint density at radius 2 is 1.97 bits per heavy atom. The Hall–Kier alpha value is -3.92. The molecule has 0 saturated carbocycles. The minimum Gasteiger partial charge on any atom is -0.497 e. The number of benzene rings is 2. The van der Waals surface area contributed by atoms with E-state index >= 15 is 0 Å². The van der Waals surface area contributed by atoms with Crippen molar-refractivity contribution in [2.24, 2.45) is 4.99 Å². The average molecular weight is 485 g/mol. The lowest BCUT2D eigenvalue weighted by molar-refractivity contribution is -0.385. The second-order valence-corrected chi connectivity index (χ2v) is 7.89. The van der Waals surface area contributed by atoms with Crippen molar-refractivity contribution in [3.8, 4) is 17.7 Å². The van der Waals surface area contributed by atoms with Gasteiger partial charge in [0.2, 0.25) is 5.96 Å². The summed E-state index contributed by atoms with van der Waals surface area (Å²) < 4.78 is 21.9. The molecule has 0 fully saturated rings. The fourth-order valence-electron chi connectivity index (χ4n) is 3.91. The van der Waals surface area contributed by atoms with E-state index in [1.807, 2.05) is 18.3 Å². The minimum atomic E-state index is -1.40. The van der Waals surface area contributed by atoms with Gasteiger partial charge in [0.05, 0.1) is 24.6 Å². The second-order valence-electron chi connectivity index (χ2n) is 7.89. The molecule has 186 valence electrons. The summed E-state index contributed by atoms with van der Waals surface area (Å²) in [6.07, 6.45) is -0.491. The molecule has 0 amide bonds. The van der Waals surface area contributed by atoms with Crippen LogP contribution in [0.5, 0.6) is 11.5 Å². The van der Waals surface area contributed by atoms with Crippen molar-refractivity contribution in [3.63, 3.8) is 0 Å². The van der Waals surface area contributed by atoms with Gasteiger partial charge in [-0.25, -0.2) is 4.99 Å². The van der Waals surface area contributed by atoms with Crippen molar-refractivity contribution in [2.75, 3.05) is 21.3 Å². The maximum Gasteiger partial charge on any atom is 0.270 e. The largest absolute Gasteiger partial charge is 0.497 e. The number of aliphatic hydroxyl groups excluding tert-OH is 1. The molecule has 1 heterocycles. The fourth-order valence-corrected chi connectivity index (χ4v) is 3.91. The predicted molar refractivity (Wildman–Crippen MR) is 125 cm³/mol. The number of non-ortho nitro benzene ring substituents is 1. The van der Waals surface area contributed by atoms with Gasteiger partial charge in [-0.05, 0) is 30.7 Å². The zero-order valence-electron chi connectivity index (χ0n) is 19.7. The van der Waals surface area contributed by atoms with Gasteiger partial charge in [0, 0.05) is 31.9 Å². The molecule has 3 rings (SSSR count). The highest BCUT2D eigenvalue weighted by Gasteiger charge is 2.52. The Balaban J connectivity index is 2.00. The Morgan fingerprint density at radius 3 is 2.54 bits per heavy atom. The molecule has 35 heavy (non-hydrogen) atoms. The zero-order valence-corrected chi connectivity index (χ0v) is 19.7. The van der Waals surface area contributed by atoms with E-state index in [1.54, 1.807) is 26.2 Å². The molecule has 0 spiro atoms. The summed E-state index contributed by atoms with van der Waals surface area (Å²) in [6, 6.07) is 10.3. The van der Waals surface area contributed by atoms with E-state index in [0.717, 1.165) is 5.56 Å². The summed E-state index contributed by atoms with van der Waals surface area (Å²) in [5, 5.41) is 37.5. The van der Waals surface area contributed by atoms with Gasteiger partial charge in [-0.2, -0.15) is 5.26 Å². The summed E-state index contributed by atoms with van der Waals surface area (Å²) in [7, 11) is 4.38. The number of nitriles is 1. The van der Waals surface area contributed by atoms with Gasteiger partial charge >= 0.3 is 0 Å². The van der Waals surface area contributed by atoms with Crippen molar-refractivity contribution in [1.82, 2.24) is 10.6 Å². The molecule has 0 aliphatic carbocycles. The van der Waals surface area contributed by atoms with Crippen molar-refractivity contribution in [1.29, 1.82) is 5.26 Å². The van der Waals surface area contributed by atoms with Crippen LogP contribution >= 0.6 is 0 Å². The Kier molecular flexibility index (Phi) is 8.08. The molecule has 0 bridgehead atoms. The Bertz CT molecular complexity index is 1110. The zero-order chi connectivity index (χ0) is 25.6. The normalized spacial score (nSPS) is 21.5. The molecule has 3 atom stereocenters. The lowest BCUT2D eigenvalue weighted by atomic mass is 9.84. The maximum absolute atomic E-state index is 11.4. The molecule has 2 aromatic carbocycles. The van der Waals surface area contributed by atoms with Crippen LogP contribution in [0, 0.1) is 21.6 Å². The first kappa shape index (κ1) is 25.7. The monoisotopic (exact) mass is 485 g/mol. The van der Waals surface area contributed by atoms with Gasteiger partial charge in [-0.15, -0.1) is 0 Å². The summed E-state index contributed by atoms with van der Waals surface area (Å²) in [6.45, 7) is 1.80. The van der Waals surface area contributed by atoms with Crippen molar-refractivity contribution in [3.05, 3.63) is 63.7 Å². The number of guanidine groups is 1. The summed E-state index contributed by atoms with van der Waals surface area (Å²) in [4.78, 5) is 15.3. The lowest BCUT2D eigenvalue weighted by Crippen LogP contribution is -2.62. The van der Waals surface area contributed by atoms with Gasteiger partial charge < -0.3 is 29.4 Å². The van der Waals surface area contributed by atoms with E-state index in [1.165, 1.54) is 32.4 Å². The van der Waals surface area contributed by atoms with Crippen molar-refractivity contribution >= 4 is 11.6 Å². The summed E-state index contributed by atoms with van der Waals surface area (Å²) in [5.74, 6) is 1.03. The first-order chi connectivity index (χ1) is 16.8. The highest BCUT2D eigenvalue weighted by Crippen LogP contribution is 2.43. The first-order valence-electron chi connectivity index (χ1n) is 10.6. The third kappa shape index (κ3) is 5.43. The standard InChI is InChI=1S/C23H27N5O7/c1-23(21(33-3)34-4)20(29)19(17-11-15(28(30)31)7-10-18(17)35-23)27-22(26-13-24)25-12-14-5-8-16(32-2)9-6-14/h5-11,19-21,29H,12H2,1-4H3,(H2,25,26,27)/t19-,20+,23+/m1/s1. The van der Waals surface area contributed by atoms with Crippen LogP contribution < -0.4 is 20.1 Å². The van der Waals surface area contributed by atoms with Crippen LogP contribution in [-0.2, 0) is 16.0 Å². The number of nitro benzene ring substituents is 1. The van der Waals surface area contributed by atoms with E-state index in [4.69, 9.17) is 18.9 Å². The number of hydrogen-bond donors (Lipinski definition) is 3. The Morgan fingerprint density at radius 1 is 1.29 bits per heavy atom. The fraction of sp³-hybridized carbons (Fsp3) is 0.391. The second kappa shape index (κ2) is 11.0. The van der Waals surface area contributed by atoms with Crippen LogP contribution in [0.1, 0.15) is 24.1 Å². The highest BCUT2D eigenvalue weighted by atomic mass is 16.7. The molecule has 12 heteroatoms. The first-order valence-corrected chi connectivity index (χ1v) is 10.6. The summed E-state index contributed by atoms with van der Waals surface area (Å²) in [5.41, 5.74) is -0.433. The van der Waals surface area contributed by atoms with E-state index < -0.39 is 29.0 Å². The number of rotatable bonds is 8. The number of fused-ring (bicyclic) bond motifs is 1. The molecule has 12 nitrogen and oxygen atoms in total. The highest BCUT2D eigenvalue weighted by molar-refractivity contribution is 5.82. The van der Waals surface area contributed by atoms with Crippen molar-refractivity contribution in [2.45, 2.75) is 37.5 Å². The number of hydrogen-bond acceptors (Lipinski definition) is 9. The van der Waals surface area contributed by atoms with E-state index in [2.05, 4.69) is 15.6 Å². The van der Waals surface area contributed by atoms with Crippen LogP contribution in [0.15, 0.2) is 47.5 Å². The molecule has 0 saturated heterocycles. The van der Waals surface area contributed by atoms with E-state index in [0.29, 0.717) is 11.3 Å². The van der Waals surface area contributed by atoms with Crippen LogP contribution in [0.2, 0.25) is 0 Å². The number of nitro groups is 1. The third-order valence-electron chi connectivity index (χ3n) is 5.71. The maximum atomic E-state index is 11.4. The van der Waals surface area contributed by atoms with E-state index in [9.17, 15) is 20.5 Å². The smallest absolute Gasteiger partial charge is 0.270 e. The van der Waals surface area contributed by atoms with Crippen LogP contribution in [0.3, 0.4) is 0 Å². The van der Waals surface area contributed by atoms with Gasteiger partial charge in [-0.1, -0.05) is 12.1 Å². The summed E-state index contributed by atoms with van der Waals surface area (Å²) >= 11 is 0. The van der Waals surface area contributed by atoms with Gasteiger partial charge in [-0.3, -0.25) is 15.4 Å². The SMILES string of the molecule is COc1ccc(CN=C(NC#N)N[C@@H]2c3cc([N+](=O)[O-])ccc3O[C@](C)(C(OC)OC)[C@H]2O)cc1. The van der Waals surface area contributed by atoms with E-state index in [-0.39, 0.29) is 23.9 Å². The van der Waals surface area contributed by atoms with Crippen molar-refractivity contribution < 1.29 is 29.0 Å².